The first-order valence-electron chi connectivity index (χ1n) is 7.10. The van der Waals surface area contributed by atoms with E-state index in [0.29, 0.717) is 31.0 Å². The van der Waals surface area contributed by atoms with Crippen LogP contribution in [0, 0.1) is 18.3 Å². The fraction of sp³-hybridized carbons (Fsp3) is 0.571. The van der Waals surface area contributed by atoms with Crippen molar-refractivity contribution in [1.82, 2.24) is 19.6 Å². The van der Waals surface area contributed by atoms with Crippen LogP contribution in [0.5, 0.6) is 0 Å². The molecule has 3 heterocycles. The lowest BCUT2D eigenvalue weighted by atomic mass is 9.76. The Morgan fingerprint density at radius 2 is 2.19 bits per heavy atom. The molecular formula is C14H19N5O2. The maximum Gasteiger partial charge on any atom is 0.311 e. The van der Waals surface area contributed by atoms with E-state index < -0.39 is 11.4 Å². The van der Waals surface area contributed by atoms with Gasteiger partial charge in [-0.3, -0.25) is 9.20 Å². The van der Waals surface area contributed by atoms with Crippen molar-refractivity contribution in [3.63, 3.8) is 0 Å². The molecule has 7 nitrogen and oxygen atoms in total. The number of anilines is 1. The lowest BCUT2D eigenvalue weighted by Crippen LogP contribution is -2.39. The number of aromatic nitrogens is 4. The Kier molecular flexibility index (Phi) is 3.07. The Hall–Kier alpha value is -2.18. The van der Waals surface area contributed by atoms with E-state index >= 15 is 0 Å². The molecule has 1 atom stereocenters. The Labute approximate surface area is 122 Å². The molecule has 1 aliphatic rings. The monoisotopic (exact) mass is 289 g/mol. The zero-order chi connectivity index (χ0) is 15.2. The first-order chi connectivity index (χ1) is 9.95. The molecule has 2 aromatic heterocycles. The van der Waals surface area contributed by atoms with Crippen LogP contribution in [0.15, 0.2) is 12.4 Å². The van der Waals surface area contributed by atoms with Gasteiger partial charge >= 0.3 is 5.97 Å². The van der Waals surface area contributed by atoms with E-state index in [4.69, 9.17) is 0 Å². The predicted octanol–water partition coefficient (Wildman–Crippen LogP) is 1.37. The van der Waals surface area contributed by atoms with E-state index in [1.54, 1.807) is 6.20 Å². The number of fused-ring (bicyclic) bond motifs is 1. The maximum absolute atomic E-state index is 11.7. The number of carbonyl (C=O) groups is 1. The Morgan fingerprint density at radius 1 is 1.43 bits per heavy atom. The summed E-state index contributed by atoms with van der Waals surface area (Å²) in [6.45, 7) is 6.94. The van der Waals surface area contributed by atoms with Gasteiger partial charge in [-0.05, 0) is 19.3 Å². The van der Waals surface area contributed by atoms with Crippen molar-refractivity contribution in [3.05, 3.63) is 18.2 Å². The fourth-order valence-electron chi connectivity index (χ4n) is 3.06. The summed E-state index contributed by atoms with van der Waals surface area (Å²) in [7, 11) is 0. The van der Waals surface area contributed by atoms with Crippen LogP contribution in [0.2, 0.25) is 0 Å². The maximum atomic E-state index is 11.7. The number of rotatable bonds is 3. The zero-order valence-corrected chi connectivity index (χ0v) is 12.4. The molecule has 0 aromatic carbocycles. The number of aryl methyl sites for hydroxylation is 1. The third-order valence-corrected chi connectivity index (χ3v) is 4.61. The average Bonchev–Trinajstić information content (AvgIpc) is 3.04. The van der Waals surface area contributed by atoms with Crippen molar-refractivity contribution in [3.8, 4) is 0 Å². The molecular weight excluding hydrogens is 270 g/mol. The first kappa shape index (κ1) is 13.8. The Morgan fingerprint density at radius 3 is 2.81 bits per heavy atom. The molecule has 3 rings (SSSR count). The summed E-state index contributed by atoms with van der Waals surface area (Å²) >= 11 is 0. The molecule has 1 saturated heterocycles. The van der Waals surface area contributed by atoms with Gasteiger partial charge in [-0.2, -0.15) is 0 Å². The van der Waals surface area contributed by atoms with Crippen molar-refractivity contribution in [2.24, 2.45) is 11.3 Å². The summed E-state index contributed by atoms with van der Waals surface area (Å²) in [4.78, 5) is 18.1. The molecule has 2 aromatic rings. The van der Waals surface area contributed by atoms with Crippen LogP contribution in [-0.2, 0) is 4.79 Å². The minimum absolute atomic E-state index is 0.0688. The van der Waals surface area contributed by atoms with E-state index in [0.717, 1.165) is 5.82 Å². The fourth-order valence-corrected chi connectivity index (χ4v) is 3.06. The number of nitrogens with zero attached hydrogens (tertiary/aromatic N) is 5. The van der Waals surface area contributed by atoms with Gasteiger partial charge in [0.2, 0.25) is 5.65 Å². The van der Waals surface area contributed by atoms with Crippen molar-refractivity contribution in [2.45, 2.75) is 27.2 Å². The van der Waals surface area contributed by atoms with E-state index in [-0.39, 0.29) is 5.92 Å². The van der Waals surface area contributed by atoms with Gasteiger partial charge in [0.25, 0.3) is 0 Å². The lowest BCUT2D eigenvalue weighted by Gasteiger charge is -2.28. The second kappa shape index (κ2) is 4.68. The molecule has 21 heavy (non-hydrogen) atoms. The summed E-state index contributed by atoms with van der Waals surface area (Å²) in [5.41, 5.74) is -0.0382. The summed E-state index contributed by atoms with van der Waals surface area (Å²) < 4.78 is 1.87. The Balaban J connectivity index is 2.00. The lowest BCUT2D eigenvalue weighted by molar-refractivity contribution is -0.150. The first-order valence-corrected chi connectivity index (χ1v) is 7.10. The number of carboxylic acids is 1. The topological polar surface area (TPSA) is 83.6 Å². The summed E-state index contributed by atoms with van der Waals surface area (Å²) in [5.74, 6) is 0.840. The molecule has 1 N–H and O–H groups in total. The van der Waals surface area contributed by atoms with Crippen LogP contribution in [-0.4, -0.2) is 43.7 Å². The summed E-state index contributed by atoms with van der Waals surface area (Å²) in [6.07, 6.45) is 4.14. The quantitative estimate of drug-likeness (QED) is 0.918. The van der Waals surface area contributed by atoms with Gasteiger partial charge in [-0.15, -0.1) is 10.2 Å². The van der Waals surface area contributed by atoms with Gasteiger partial charge in [0.15, 0.2) is 5.82 Å². The zero-order valence-electron chi connectivity index (χ0n) is 12.4. The summed E-state index contributed by atoms with van der Waals surface area (Å²) in [6, 6.07) is 0. The number of carboxylic acid groups (broad SMARTS) is 1. The molecule has 1 unspecified atom stereocenters. The number of hydrogen-bond donors (Lipinski definition) is 1. The molecule has 0 amide bonds. The third-order valence-electron chi connectivity index (χ3n) is 4.61. The van der Waals surface area contributed by atoms with Crippen LogP contribution in [0.1, 0.15) is 26.1 Å². The van der Waals surface area contributed by atoms with Crippen LogP contribution in [0.25, 0.3) is 5.65 Å². The number of aliphatic carboxylic acids is 1. The second-order valence-corrected chi connectivity index (χ2v) is 5.98. The van der Waals surface area contributed by atoms with Crippen LogP contribution < -0.4 is 4.90 Å². The normalized spacial score (nSPS) is 22.4. The van der Waals surface area contributed by atoms with Gasteiger partial charge in [0, 0.05) is 25.5 Å². The SMILES string of the molecule is Cc1nnc2c(N3CCC(C(=O)O)(C(C)C)C3)nccn12. The van der Waals surface area contributed by atoms with E-state index in [9.17, 15) is 9.90 Å². The third kappa shape index (κ3) is 1.95. The van der Waals surface area contributed by atoms with Crippen LogP contribution >= 0.6 is 0 Å². The second-order valence-electron chi connectivity index (χ2n) is 5.98. The van der Waals surface area contributed by atoms with E-state index in [1.165, 1.54) is 0 Å². The minimum Gasteiger partial charge on any atom is -0.481 e. The molecule has 1 fully saturated rings. The smallest absolute Gasteiger partial charge is 0.311 e. The predicted molar refractivity (Wildman–Crippen MR) is 77.3 cm³/mol. The molecule has 1 aliphatic heterocycles. The van der Waals surface area contributed by atoms with Gasteiger partial charge in [0.05, 0.1) is 5.41 Å². The molecule has 0 saturated carbocycles. The minimum atomic E-state index is -0.732. The molecule has 112 valence electrons. The van der Waals surface area contributed by atoms with Crippen molar-refractivity contribution >= 4 is 17.4 Å². The van der Waals surface area contributed by atoms with Crippen LogP contribution in [0.3, 0.4) is 0 Å². The van der Waals surface area contributed by atoms with Crippen molar-refractivity contribution in [1.29, 1.82) is 0 Å². The largest absolute Gasteiger partial charge is 0.481 e. The average molecular weight is 289 g/mol. The van der Waals surface area contributed by atoms with Crippen LogP contribution in [0.4, 0.5) is 5.82 Å². The van der Waals surface area contributed by atoms with Gasteiger partial charge in [-0.1, -0.05) is 13.8 Å². The Bertz CT molecular complexity index is 696. The van der Waals surface area contributed by atoms with Crippen molar-refractivity contribution < 1.29 is 9.90 Å². The highest BCUT2D eigenvalue weighted by Gasteiger charge is 2.48. The van der Waals surface area contributed by atoms with Crippen molar-refractivity contribution in [2.75, 3.05) is 18.0 Å². The molecule has 0 spiro atoms. The standard InChI is InChI=1S/C14H19N5O2/c1-9(2)14(13(20)21)4-6-18(8-14)11-12-17-16-10(3)19(12)7-5-15-11/h5,7,9H,4,6,8H2,1-3H3,(H,20,21). The molecule has 7 heteroatoms. The van der Waals surface area contributed by atoms with E-state index in [2.05, 4.69) is 15.2 Å². The highest BCUT2D eigenvalue weighted by Crippen LogP contribution is 2.40. The highest BCUT2D eigenvalue weighted by atomic mass is 16.4. The van der Waals surface area contributed by atoms with E-state index in [1.807, 2.05) is 36.3 Å². The number of hydrogen-bond acceptors (Lipinski definition) is 5. The molecule has 0 bridgehead atoms. The molecule has 0 aliphatic carbocycles. The van der Waals surface area contributed by atoms with Gasteiger partial charge in [0.1, 0.15) is 5.82 Å². The molecule has 0 radical (unpaired) electrons. The highest BCUT2D eigenvalue weighted by molar-refractivity contribution is 5.78. The summed E-state index contributed by atoms with van der Waals surface area (Å²) in [5, 5.41) is 17.9. The van der Waals surface area contributed by atoms with Gasteiger partial charge in [-0.25, -0.2) is 4.98 Å². The van der Waals surface area contributed by atoms with Gasteiger partial charge < -0.3 is 10.0 Å².